The fraction of sp³-hybridized carbons (Fsp3) is 0.357. The van der Waals surface area contributed by atoms with Crippen molar-refractivity contribution >= 4 is 12.0 Å². The van der Waals surface area contributed by atoms with Gasteiger partial charge in [0.05, 0.1) is 13.7 Å². The monoisotopic (exact) mass is 234 g/mol. The van der Waals surface area contributed by atoms with Crippen molar-refractivity contribution < 1.29 is 14.3 Å². The molecule has 0 heterocycles. The third kappa shape index (κ3) is 5.31. The lowest BCUT2D eigenvalue weighted by Crippen LogP contribution is -1.97. The van der Waals surface area contributed by atoms with Crippen LogP contribution < -0.4 is 0 Å². The lowest BCUT2D eigenvalue weighted by Gasteiger charge is -2.02. The van der Waals surface area contributed by atoms with Crippen LogP contribution in [-0.2, 0) is 20.7 Å². The number of benzene rings is 1. The van der Waals surface area contributed by atoms with Gasteiger partial charge in [0, 0.05) is 12.7 Å². The van der Waals surface area contributed by atoms with E-state index in [1.54, 1.807) is 6.08 Å². The van der Waals surface area contributed by atoms with Gasteiger partial charge in [-0.25, -0.2) is 4.79 Å². The van der Waals surface area contributed by atoms with E-state index in [0.29, 0.717) is 0 Å². The van der Waals surface area contributed by atoms with Crippen LogP contribution in [0.25, 0.3) is 6.08 Å². The summed E-state index contributed by atoms with van der Waals surface area (Å²) in [5, 5.41) is 0. The molecule has 1 aromatic carbocycles. The molecule has 0 unspecified atom stereocenters. The van der Waals surface area contributed by atoms with E-state index in [4.69, 9.17) is 4.74 Å². The molecule has 0 spiro atoms. The number of rotatable bonds is 6. The fourth-order valence-corrected chi connectivity index (χ4v) is 1.36. The van der Waals surface area contributed by atoms with E-state index in [9.17, 15) is 4.79 Å². The largest absolute Gasteiger partial charge is 0.466 e. The number of ether oxygens (including phenoxy) is 2. The van der Waals surface area contributed by atoms with E-state index in [0.717, 1.165) is 25.2 Å². The summed E-state index contributed by atoms with van der Waals surface area (Å²) in [6, 6.07) is 8.02. The van der Waals surface area contributed by atoms with Crippen LogP contribution in [0.3, 0.4) is 0 Å². The van der Waals surface area contributed by atoms with Crippen molar-refractivity contribution in [1.29, 1.82) is 0 Å². The van der Waals surface area contributed by atoms with Crippen LogP contribution in [0.15, 0.2) is 30.3 Å². The van der Waals surface area contributed by atoms with Crippen LogP contribution in [0.2, 0.25) is 0 Å². The Morgan fingerprint density at radius 1 is 1.29 bits per heavy atom. The molecule has 17 heavy (non-hydrogen) atoms. The summed E-state index contributed by atoms with van der Waals surface area (Å²) < 4.78 is 9.80. The smallest absolute Gasteiger partial charge is 0.330 e. The van der Waals surface area contributed by atoms with Crippen LogP contribution in [-0.4, -0.2) is 26.3 Å². The summed E-state index contributed by atoms with van der Waals surface area (Å²) >= 11 is 0. The Hall–Kier alpha value is -1.61. The van der Waals surface area contributed by atoms with Gasteiger partial charge in [0.15, 0.2) is 0 Å². The first-order chi connectivity index (χ1) is 8.26. The van der Waals surface area contributed by atoms with Crippen molar-refractivity contribution in [3.05, 3.63) is 41.5 Å². The lowest BCUT2D eigenvalue weighted by molar-refractivity contribution is -0.134. The number of methoxy groups -OCH3 is 1. The molecule has 0 aromatic heterocycles. The fourth-order valence-electron chi connectivity index (χ4n) is 1.36. The van der Waals surface area contributed by atoms with E-state index in [2.05, 4.69) is 4.74 Å². The van der Waals surface area contributed by atoms with Crippen molar-refractivity contribution in [2.45, 2.75) is 13.3 Å². The zero-order chi connectivity index (χ0) is 12.5. The van der Waals surface area contributed by atoms with Gasteiger partial charge in [-0.1, -0.05) is 24.3 Å². The second-order valence-electron chi connectivity index (χ2n) is 3.54. The molecule has 3 nitrogen and oxygen atoms in total. The minimum absolute atomic E-state index is 0.342. The summed E-state index contributed by atoms with van der Waals surface area (Å²) in [5.74, 6) is -0.342. The molecular weight excluding hydrogens is 216 g/mol. The van der Waals surface area contributed by atoms with Crippen LogP contribution in [0.4, 0.5) is 0 Å². The molecule has 0 N–H and O–H groups in total. The Labute approximate surface area is 102 Å². The van der Waals surface area contributed by atoms with E-state index >= 15 is 0 Å². The molecule has 0 bridgehead atoms. The summed E-state index contributed by atoms with van der Waals surface area (Å²) in [6.45, 7) is 3.48. The first-order valence-corrected chi connectivity index (χ1v) is 5.69. The van der Waals surface area contributed by atoms with Crippen LogP contribution in [0, 0.1) is 0 Å². The maximum Gasteiger partial charge on any atom is 0.330 e. The van der Waals surface area contributed by atoms with E-state index < -0.39 is 0 Å². The van der Waals surface area contributed by atoms with Gasteiger partial charge < -0.3 is 9.47 Å². The average Bonchev–Trinajstić information content (AvgIpc) is 2.37. The number of esters is 1. The summed E-state index contributed by atoms with van der Waals surface area (Å²) in [4.78, 5) is 10.9. The Bertz CT molecular complexity index is 366. The molecule has 0 saturated heterocycles. The molecule has 0 aliphatic carbocycles. The van der Waals surface area contributed by atoms with Gasteiger partial charge in [-0.15, -0.1) is 0 Å². The van der Waals surface area contributed by atoms with Gasteiger partial charge >= 0.3 is 5.97 Å². The average molecular weight is 234 g/mol. The molecule has 1 aromatic rings. The molecule has 0 atom stereocenters. The first-order valence-electron chi connectivity index (χ1n) is 5.69. The first kappa shape index (κ1) is 13.5. The van der Waals surface area contributed by atoms with Crippen LogP contribution >= 0.6 is 0 Å². The quantitative estimate of drug-likeness (QED) is 0.431. The number of carbonyl (C=O) groups is 1. The second-order valence-corrected chi connectivity index (χ2v) is 3.54. The predicted octanol–water partition coefficient (Wildman–Crippen LogP) is 2.45. The van der Waals surface area contributed by atoms with E-state index in [1.165, 1.54) is 18.7 Å². The molecule has 92 valence electrons. The van der Waals surface area contributed by atoms with Gasteiger partial charge in [-0.3, -0.25) is 0 Å². The summed E-state index contributed by atoms with van der Waals surface area (Å²) in [7, 11) is 1.36. The van der Waals surface area contributed by atoms with Gasteiger partial charge in [-0.05, 0) is 30.5 Å². The normalized spacial score (nSPS) is 10.7. The molecule has 0 amide bonds. The Kier molecular flexibility index (Phi) is 6.04. The van der Waals surface area contributed by atoms with E-state index in [-0.39, 0.29) is 5.97 Å². The molecule has 0 fully saturated rings. The highest BCUT2D eigenvalue weighted by Gasteiger charge is 1.94. The summed E-state index contributed by atoms with van der Waals surface area (Å²) in [6.07, 6.45) is 4.06. The minimum atomic E-state index is -0.342. The number of hydrogen-bond acceptors (Lipinski definition) is 3. The number of hydrogen-bond donors (Lipinski definition) is 0. The predicted molar refractivity (Wildman–Crippen MR) is 67.7 cm³/mol. The van der Waals surface area contributed by atoms with Crippen molar-refractivity contribution in [2.24, 2.45) is 0 Å². The molecule has 0 aliphatic heterocycles. The maximum absolute atomic E-state index is 10.9. The van der Waals surface area contributed by atoms with Gasteiger partial charge in [0.25, 0.3) is 0 Å². The lowest BCUT2D eigenvalue weighted by atomic mass is 10.1. The van der Waals surface area contributed by atoms with E-state index in [1.807, 2.05) is 31.2 Å². The van der Waals surface area contributed by atoms with Crippen molar-refractivity contribution in [3.63, 3.8) is 0 Å². The standard InChI is InChI=1S/C14H18O3/c1-3-17-11-10-13-6-4-12(5-7-13)8-9-14(15)16-2/h4-9H,3,10-11H2,1-2H3/b9-8+. The van der Waals surface area contributed by atoms with Gasteiger partial charge in [0.1, 0.15) is 0 Å². The molecule has 0 radical (unpaired) electrons. The van der Waals surface area contributed by atoms with Gasteiger partial charge in [-0.2, -0.15) is 0 Å². The molecule has 1 rings (SSSR count). The third-order valence-electron chi connectivity index (χ3n) is 2.33. The highest BCUT2D eigenvalue weighted by molar-refractivity contribution is 5.86. The Balaban J connectivity index is 2.50. The SMILES string of the molecule is CCOCCc1ccc(/C=C/C(=O)OC)cc1. The van der Waals surface area contributed by atoms with Crippen molar-refractivity contribution in [1.82, 2.24) is 0 Å². The summed E-state index contributed by atoms with van der Waals surface area (Å²) in [5.41, 5.74) is 2.21. The highest BCUT2D eigenvalue weighted by atomic mass is 16.5. The Morgan fingerprint density at radius 2 is 2.00 bits per heavy atom. The van der Waals surface area contributed by atoms with Crippen LogP contribution in [0.1, 0.15) is 18.1 Å². The zero-order valence-corrected chi connectivity index (χ0v) is 10.3. The van der Waals surface area contributed by atoms with Crippen molar-refractivity contribution in [3.8, 4) is 0 Å². The molecular formula is C14H18O3. The van der Waals surface area contributed by atoms with Crippen LogP contribution in [0.5, 0.6) is 0 Å². The Morgan fingerprint density at radius 3 is 2.59 bits per heavy atom. The van der Waals surface area contributed by atoms with Crippen molar-refractivity contribution in [2.75, 3.05) is 20.3 Å². The number of carbonyl (C=O) groups excluding carboxylic acids is 1. The molecule has 0 saturated carbocycles. The highest BCUT2D eigenvalue weighted by Crippen LogP contribution is 2.07. The molecule has 0 aliphatic rings. The topological polar surface area (TPSA) is 35.5 Å². The minimum Gasteiger partial charge on any atom is -0.466 e. The molecule has 3 heteroatoms. The van der Waals surface area contributed by atoms with Gasteiger partial charge in [0.2, 0.25) is 0 Å². The maximum atomic E-state index is 10.9. The second kappa shape index (κ2) is 7.63. The zero-order valence-electron chi connectivity index (χ0n) is 10.3. The third-order valence-corrected chi connectivity index (χ3v) is 2.33.